The maximum atomic E-state index is 12.6. The third-order valence-electron chi connectivity index (χ3n) is 3.63. The fraction of sp³-hybridized carbons (Fsp3) is 0.500. The standard InChI is InChI=1S/C14H17ClO3/c1-17-12-9-10(5-6-11(12)15)13(16)14(18-2)7-3-4-8-14/h5-6,9H,3-4,7-8H2,1-2H3. The van der Waals surface area contributed by atoms with Gasteiger partial charge in [-0.25, -0.2) is 0 Å². The Morgan fingerprint density at radius 3 is 2.50 bits per heavy atom. The van der Waals surface area contributed by atoms with Gasteiger partial charge in [0.05, 0.1) is 12.1 Å². The quantitative estimate of drug-likeness (QED) is 0.784. The lowest BCUT2D eigenvalue weighted by atomic mass is 9.91. The van der Waals surface area contributed by atoms with Crippen molar-refractivity contribution >= 4 is 17.4 Å². The van der Waals surface area contributed by atoms with Crippen molar-refractivity contribution < 1.29 is 14.3 Å². The molecule has 0 aliphatic heterocycles. The number of hydrogen-bond acceptors (Lipinski definition) is 3. The maximum Gasteiger partial charge on any atom is 0.194 e. The number of carbonyl (C=O) groups excluding carboxylic acids is 1. The Bertz CT molecular complexity index is 450. The summed E-state index contributed by atoms with van der Waals surface area (Å²) in [5, 5.41) is 0.506. The number of benzene rings is 1. The van der Waals surface area contributed by atoms with Crippen molar-refractivity contribution in [3.8, 4) is 5.75 Å². The number of methoxy groups -OCH3 is 2. The van der Waals surface area contributed by atoms with Gasteiger partial charge in [-0.05, 0) is 43.9 Å². The van der Waals surface area contributed by atoms with Gasteiger partial charge in [0.25, 0.3) is 0 Å². The molecule has 1 aliphatic carbocycles. The Balaban J connectivity index is 2.33. The van der Waals surface area contributed by atoms with Crippen LogP contribution in [0.1, 0.15) is 36.0 Å². The lowest BCUT2D eigenvalue weighted by Gasteiger charge is -2.25. The molecule has 0 spiro atoms. The van der Waals surface area contributed by atoms with Crippen LogP contribution < -0.4 is 4.74 Å². The van der Waals surface area contributed by atoms with Gasteiger partial charge in [-0.3, -0.25) is 4.79 Å². The summed E-state index contributed by atoms with van der Waals surface area (Å²) >= 11 is 5.96. The van der Waals surface area contributed by atoms with E-state index in [0.29, 0.717) is 16.3 Å². The molecule has 4 heteroatoms. The van der Waals surface area contributed by atoms with Gasteiger partial charge in [-0.2, -0.15) is 0 Å². The van der Waals surface area contributed by atoms with E-state index in [1.807, 2.05) is 0 Å². The molecule has 0 amide bonds. The molecule has 0 heterocycles. The third kappa shape index (κ3) is 2.25. The Kier molecular flexibility index (Phi) is 3.93. The second-order valence-corrected chi connectivity index (χ2v) is 4.99. The molecule has 1 aromatic carbocycles. The zero-order valence-electron chi connectivity index (χ0n) is 10.7. The second kappa shape index (κ2) is 5.29. The summed E-state index contributed by atoms with van der Waals surface area (Å²) in [5.41, 5.74) is -0.0567. The Morgan fingerprint density at radius 2 is 1.94 bits per heavy atom. The van der Waals surface area contributed by atoms with Crippen LogP contribution in [0.4, 0.5) is 0 Å². The van der Waals surface area contributed by atoms with E-state index in [0.717, 1.165) is 25.7 Å². The van der Waals surface area contributed by atoms with Crippen molar-refractivity contribution in [3.05, 3.63) is 28.8 Å². The molecule has 2 rings (SSSR count). The Hall–Kier alpha value is -1.06. The van der Waals surface area contributed by atoms with Crippen LogP contribution in [0.2, 0.25) is 5.02 Å². The molecular weight excluding hydrogens is 252 g/mol. The van der Waals surface area contributed by atoms with Gasteiger partial charge in [0.1, 0.15) is 11.4 Å². The van der Waals surface area contributed by atoms with Gasteiger partial charge in [-0.1, -0.05) is 11.6 Å². The molecule has 0 radical (unpaired) electrons. The topological polar surface area (TPSA) is 35.5 Å². The summed E-state index contributed by atoms with van der Waals surface area (Å²) in [6, 6.07) is 5.10. The molecule has 98 valence electrons. The molecule has 0 saturated heterocycles. The first kappa shape index (κ1) is 13.4. The molecule has 1 aliphatic rings. The first-order valence-electron chi connectivity index (χ1n) is 6.06. The second-order valence-electron chi connectivity index (χ2n) is 4.58. The predicted octanol–water partition coefficient (Wildman–Crippen LogP) is 3.49. The fourth-order valence-electron chi connectivity index (χ4n) is 2.53. The highest BCUT2D eigenvalue weighted by atomic mass is 35.5. The van der Waals surface area contributed by atoms with Crippen molar-refractivity contribution in [2.45, 2.75) is 31.3 Å². The number of ether oxygens (including phenoxy) is 2. The number of halogens is 1. The van der Waals surface area contributed by atoms with E-state index in [1.165, 1.54) is 7.11 Å². The van der Waals surface area contributed by atoms with Gasteiger partial charge in [0.2, 0.25) is 0 Å². The smallest absolute Gasteiger partial charge is 0.194 e. The lowest BCUT2D eigenvalue weighted by Crippen LogP contribution is -2.37. The van der Waals surface area contributed by atoms with Crippen molar-refractivity contribution in [3.63, 3.8) is 0 Å². The van der Waals surface area contributed by atoms with Gasteiger partial charge in [0, 0.05) is 12.7 Å². The lowest BCUT2D eigenvalue weighted by molar-refractivity contribution is 0.00601. The van der Waals surface area contributed by atoms with Crippen LogP contribution in [-0.4, -0.2) is 25.6 Å². The summed E-state index contributed by atoms with van der Waals surface area (Å²) in [5.74, 6) is 0.546. The van der Waals surface area contributed by atoms with E-state index < -0.39 is 5.60 Å². The van der Waals surface area contributed by atoms with E-state index in [4.69, 9.17) is 21.1 Å². The van der Waals surface area contributed by atoms with Crippen molar-refractivity contribution in [1.82, 2.24) is 0 Å². The molecular formula is C14H17ClO3. The van der Waals surface area contributed by atoms with E-state index in [1.54, 1.807) is 25.3 Å². The zero-order chi connectivity index (χ0) is 13.2. The number of carbonyl (C=O) groups is 1. The SMILES string of the molecule is COc1cc(C(=O)C2(OC)CCCC2)ccc1Cl. The number of Topliss-reactive ketones (excluding diaryl/α,β-unsaturated/α-hetero) is 1. The molecule has 1 aromatic rings. The van der Waals surface area contributed by atoms with Crippen LogP contribution >= 0.6 is 11.6 Å². The fourth-order valence-corrected chi connectivity index (χ4v) is 2.73. The van der Waals surface area contributed by atoms with Crippen molar-refractivity contribution in [2.75, 3.05) is 14.2 Å². The predicted molar refractivity (Wildman–Crippen MR) is 70.5 cm³/mol. The minimum atomic E-state index is -0.654. The number of rotatable bonds is 4. The molecule has 0 bridgehead atoms. The zero-order valence-corrected chi connectivity index (χ0v) is 11.4. The van der Waals surface area contributed by atoms with Gasteiger partial charge >= 0.3 is 0 Å². The van der Waals surface area contributed by atoms with E-state index in [9.17, 15) is 4.79 Å². The Labute approximate surface area is 112 Å². The molecule has 1 fully saturated rings. The van der Waals surface area contributed by atoms with E-state index in [-0.39, 0.29) is 5.78 Å². The van der Waals surface area contributed by atoms with Gasteiger partial charge in [-0.15, -0.1) is 0 Å². The highest BCUT2D eigenvalue weighted by molar-refractivity contribution is 6.32. The van der Waals surface area contributed by atoms with Gasteiger partial charge in [0.15, 0.2) is 5.78 Å². The monoisotopic (exact) mass is 268 g/mol. The highest BCUT2D eigenvalue weighted by Crippen LogP contribution is 2.37. The minimum absolute atomic E-state index is 0.0254. The van der Waals surface area contributed by atoms with E-state index in [2.05, 4.69) is 0 Å². The van der Waals surface area contributed by atoms with Crippen LogP contribution in [0, 0.1) is 0 Å². The largest absolute Gasteiger partial charge is 0.495 e. The van der Waals surface area contributed by atoms with Crippen molar-refractivity contribution in [1.29, 1.82) is 0 Å². The highest BCUT2D eigenvalue weighted by Gasteiger charge is 2.41. The molecule has 18 heavy (non-hydrogen) atoms. The summed E-state index contributed by atoms with van der Waals surface area (Å²) < 4.78 is 10.6. The van der Waals surface area contributed by atoms with E-state index >= 15 is 0 Å². The Morgan fingerprint density at radius 1 is 1.28 bits per heavy atom. The van der Waals surface area contributed by atoms with Crippen molar-refractivity contribution in [2.24, 2.45) is 0 Å². The van der Waals surface area contributed by atoms with Crippen LogP contribution in [0.3, 0.4) is 0 Å². The average Bonchev–Trinajstić information content (AvgIpc) is 2.88. The molecule has 0 N–H and O–H groups in total. The minimum Gasteiger partial charge on any atom is -0.495 e. The first-order chi connectivity index (χ1) is 8.63. The number of ketones is 1. The summed E-state index contributed by atoms with van der Waals surface area (Å²) in [4.78, 5) is 12.6. The third-order valence-corrected chi connectivity index (χ3v) is 3.94. The van der Waals surface area contributed by atoms with Crippen LogP contribution in [0.5, 0.6) is 5.75 Å². The van der Waals surface area contributed by atoms with Gasteiger partial charge < -0.3 is 9.47 Å². The average molecular weight is 269 g/mol. The molecule has 0 unspecified atom stereocenters. The molecule has 1 saturated carbocycles. The van der Waals surface area contributed by atoms with Crippen LogP contribution in [0.15, 0.2) is 18.2 Å². The molecule has 0 aromatic heterocycles. The number of hydrogen-bond donors (Lipinski definition) is 0. The molecule has 0 atom stereocenters. The summed E-state index contributed by atoms with van der Waals surface area (Å²) in [7, 11) is 3.15. The van der Waals surface area contributed by atoms with Crippen LogP contribution in [-0.2, 0) is 4.74 Å². The first-order valence-corrected chi connectivity index (χ1v) is 6.44. The molecule has 3 nitrogen and oxygen atoms in total. The normalized spacial score (nSPS) is 17.7. The summed E-state index contributed by atoms with van der Waals surface area (Å²) in [6.45, 7) is 0. The van der Waals surface area contributed by atoms with Crippen LogP contribution in [0.25, 0.3) is 0 Å². The summed E-state index contributed by atoms with van der Waals surface area (Å²) in [6.07, 6.45) is 3.63. The maximum absolute atomic E-state index is 12.6.